The molecule has 2 aromatic heterocycles. The highest BCUT2D eigenvalue weighted by Gasteiger charge is 2.64. The van der Waals surface area contributed by atoms with Crippen LogP contribution in [0.25, 0.3) is 11.0 Å². The molecule has 1 fully saturated rings. The summed E-state index contributed by atoms with van der Waals surface area (Å²) < 4.78 is 2.27. The predicted octanol–water partition coefficient (Wildman–Crippen LogP) is 3.85. The maximum atomic E-state index is 6.05. The molecule has 1 saturated carbocycles. The Morgan fingerprint density at radius 1 is 1.26 bits per heavy atom. The lowest BCUT2D eigenvalue weighted by atomic mass is 10.0. The highest BCUT2D eigenvalue weighted by atomic mass is 35.5. The molecule has 1 aliphatic rings. The summed E-state index contributed by atoms with van der Waals surface area (Å²) in [4.78, 5) is 8.71. The summed E-state index contributed by atoms with van der Waals surface area (Å²) in [5, 5.41) is 0. The molecule has 0 bridgehead atoms. The molecule has 0 unspecified atom stereocenters. The van der Waals surface area contributed by atoms with Crippen LogP contribution in [0.1, 0.15) is 33.5 Å². The maximum Gasteiger partial charge on any atom is 0.124 e. The second-order valence-corrected chi connectivity index (χ2v) is 6.90. The van der Waals surface area contributed by atoms with E-state index in [4.69, 9.17) is 11.6 Å². The summed E-state index contributed by atoms with van der Waals surface area (Å²) in [7, 11) is 0. The Kier molecular flexibility index (Phi) is 2.69. The number of imidazole rings is 1. The largest absolute Gasteiger partial charge is 0.327 e. The third kappa shape index (κ3) is 1.71. The van der Waals surface area contributed by atoms with Gasteiger partial charge in [0.1, 0.15) is 11.3 Å². The molecule has 0 spiro atoms. The number of hydrogen-bond donors (Lipinski definition) is 0. The molecule has 0 atom stereocenters. The molecule has 3 rings (SSSR count). The number of halogens is 1. The first-order valence-electron chi connectivity index (χ1n) is 6.74. The van der Waals surface area contributed by atoms with Crippen molar-refractivity contribution in [1.29, 1.82) is 0 Å². The van der Waals surface area contributed by atoms with Gasteiger partial charge in [0.05, 0.1) is 17.6 Å². The Bertz CT molecular complexity index is 613. The van der Waals surface area contributed by atoms with Gasteiger partial charge in [0.2, 0.25) is 0 Å². The number of aromatic nitrogens is 3. The summed E-state index contributed by atoms with van der Waals surface area (Å²) in [6.45, 7) is 10.4. The van der Waals surface area contributed by atoms with E-state index in [0.29, 0.717) is 22.6 Å². The van der Waals surface area contributed by atoms with Gasteiger partial charge in [0.15, 0.2) is 0 Å². The van der Waals surface area contributed by atoms with Crippen molar-refractivity contribution >= 4 is 22.6 Å². The highest BCUT2D eigenvalue weighted by molar-refractivity contribution is 6.16. The molecule has 0 radical (unpaired) electrons. The van der Waals surface area contributed by atoms with Crippen LogP contribution >= 0.6 is 11.6 Å². The van der Waals surface area contributed by atoms with Gasteiger partial charge in [-0.25, -0.2) is 4.98 Å². The molecule has 2 aromatic rings. The van der Waals surface area contributed by atoms with Crippen LogP contribution in [0.3, 0.4) is 0 Å². The molecule has 4 heteroatoms. The van der Waals surface area contributed by atoms with Crippen molar-refractivity contribution in [3.63, 3.8) is 0 Å². The van der Waals surface area contributed by atoms with E-state index in [9.17, 15) is 0 Å². The topological polar surface area (TPSA) is 30.7 Å². The first-order valence-corrected chi connectivity index (χ1v) is 7.28. The zero-order valence-electron chi connectivity index (χ0n) is 11.9. The molecule has 1 aliphatic carbocycles. The highest BCUT2D eigenvalue weighted by Crippen LogP contribution is 2.69. The third-order valence-corrected chi connectivity index (χ3v) is 5.67. The van der Waals surface area contributed by atoms with E-state index in [1.807, 2.05) is 18.5 Å². The second-order valence-electron chi connectivity index (χ2n) is 6.63. The van der Waals surface area contributed by atoms with E-state index in [0.717, 1.165) is 23.4 Å². The summed E-state index contributed by atoms with van der Waals surface area (Å²) in [6, 6.07) is 2.03. The van der Waals surface area contributed by atoms with Gasteiger partial charge < -0.3 is 4.57 Å². The minimum Gasteiger partial charge on any atom is -0.327 e. The van der Waals surface area contributed by atoms with Gasteiger partial charge in [-0.05, 0) is 22.8 Å². The lowest BCUT2D eigenvalue weighted by Crippen LogP contribution is -2.07. The molecule has 102 valence electrons. The van der Waals surface area contributed by atoms with Crippen molar-refractivity contribution in [3.8, 4) is 0 Å². The van der Waals surface area contributed by atoms with Gasteiger partial charge in [-0.15, -0.1) is 11.6 Å². The Morgan fingerprint density at radius 2 is 1.95 bits per heavy atom. The SMILES string of the molecule is CC1(C)C(Cn2c(CCl)nc3cnccc32)C1(C)C. The zero-order valence-corrected chi connectivity index (χ0v) is 12.7. The lowest BCUT2D eigenvalue weighted by Gasteiger charge is -2.09. The van der Waals surface area contributed by atoms with Crippen LogP contribution in [0.5, 0.6) is 0 Å². The minimum atomic E-state index is 0.375. The Hall–Kier alpha value is -1.09. The minimum absolute atomic E-state index is 0.375. The Balaban J connectivity index is 2.02. The van der Waals surface area contributed by atoms with E-state index in [-0.39, 0.29) is 0 Å². The first kappa shape index (κ1) is 12.9. The van der Waals surface area contributed by atoms with Crippen LogP contribution in [0.15, 0.2) is 18.5 Å². The van der Waals surface area contributed by atoms with Crippen molar-refractivity contribution in [3.05, 3.63) is 24.3 Å². The average Bonchev–Trinajstić information content (AvgIpc) is 2.69. The monoisotopic (exact) mass is 277 g/mol. The zero-order chi connectivity index (χ0) is 13.8. The van der Waals surface area contributed by atoms with E-state index >= 15 is 0 Å². The normalized spacial score (nSPS) is 20.9. The van der Waals surface area contributed by atoms with Gasteiger partial charge >= 0.3 is 0 Å². The van der Waals surface area contributed by atoms with Crippen LogP contribution in [0.2, 0.25) is 0 Å². The van der Waals surface area contributed by atoms with Gasteiger partial charge in [-0.2, -0.15) is 0 Å². The van der Waals surface area contributed by atoms with Crippen LogP contribution < -0.4 is 0 Å². The third-order valence-electron chi connectivity index (χ3n) is 5.43. The number of alkyl halides is 1. The van der Waals surface area contributed by atoms with Gasteiger partial charge in [0.25, 0.3) is 0 Å². The van der Waals surface area contributed by atoms with Gasteiger partial charge in [0, 0.05) is 12.7 Å². The molecular weight excluding hydrogens is 258 g/mol. The van der Waals surface area contributed by atoms with E-state index in [1.54, 1.807) is 0 Å². The van der Waals surface area contributed by atoms with Gasteiger partial charge in [-0.3, -0.25) is 4.98 Å². The van der Waals surface area contributed by atoms with E-state index in [1.165, 1.54) is 0 Å². The summed E-state index contributed by atoms with van der Waals surface area (Å²) in [6.07, 6.45) is 3.63. The van der Waals surface area contributed by atoms with Crippen molar-refractivity contribution in [1.82, 2.24) is 14.5 Å². The number of fused-ring (bicyclic) bond motifs is 1. The smallest absolute Gasteiger partial charge is 0.124 e. The molecule has 0 saturated heterocycles. The molecule has 0 N–H and O–H groups in total. The first-order chi connectivity index (χ1) is 8.89. The van der Waals surface area contributed by atoms with E-state index < -0.39 is 0 Å². The average molecular weight is 278 g/mol. The second kappa shape index (κ2) is 3.95. The van der Waals surface area contributed by atoms with Crippen LogP contribution in [-0.2, 0) is 12.4 Å². The maximum absolute atomic E-state index is 6.05. The fourth-order valence-corrected chi connectivity index (χ4v) is 3.51. The Morgan fingerprint density at radius 3 is 2.53 bits per heavy atom. The molecule has 2 heterocycles. The lowest BCUT2D eigenvalue weighted by molar-refractivity contribution is 0.457. The molecule has 19 heavy (non-hydrogen) atoms. The van der Waals surface area contributed by atoms with E-state index in [2.05, 4.69) is 42.2 Å². The van der Waals surface area contributed by atoms with Crippen LogP contribution in [-0.4, -0.2) is 14.5 Å². The van der Waals surface area contributed by atoms with Crippen LogP contribution in [0.4, 0.5) is 0 Å². The van der Waals surface area contributed by atoms with Crippen molar-refractivity contribution in [2.24, 2.45) is 16.7 Å². The standard InChI is InChI=1S/C15H20ClN3/c1-14(2)12(15(14,3)4)9-19-11-5-6-17-8-10(11)18-13(19)7-16/h5-6,8,12H,7,9H2,1-4H3. The number of pyridine rings is 1. The fraction of sp³-hybridized carbons (Fsp3) is 0.600. The van der Waals surface area contributed by atoms with Crippen LogP contribution in [0, 0.1) is 16.7 Å². The quantitative estimate of drug-likeness (QED) is 0.798. The summed E-state index contributed by atoms with van der Waals surface area (Å²) >= 11 is 6.05. The van der Waals surface area contributed by atoms with Crippen molar-refractivity contribution in [2.45, 2.75) is 40.1 Å². The number of rotatable bonds is 3. The number of hydrogen-bond acceptors (Lipinski definition) is 2. The molecular formula is C15H20ClN3. The molecule has 0 aliphatic heterocycles. The Labute approximate surface area is 119 Å². The van der Waals surface area contributed by atoms with Crippen molar-refractivity contribution in [2.75, 3.05) is 0 Å². The molecule has 0 amide bonds. The van der Waals surface area contributed by atoms with Crippen molar-refractivity contribution < 1.29 is 0 Å². The summed E-state index contributed by atoms with van der Waals surface area (Å²) in [5.74, 6) is 2.05. The molecule has 3 nitrogen and oxygen atoms in total. The number of nitrogens with zero attached hydrogens (tertiary/aromatic N) is 3. The predicted molar refractivity (Wildman–Crippen MR) is 78.1 cm³/mol. The molecule has 0 aromatic carbocycles. The van der Waals surface area contributed by atoms with Gasteiger partial charge in [-0.1, -0.05) is 27.7 Å². The summed E-state index contributed by atoms with van der Waals surface area (Å²) in [5.41, 5.74) is 2.83. The fourth-order valence-electron chi connectivity index (χ4n) is 3.31.